The van der Waals surface area contributed by atoms with Crippen molar-refractivity contribution < 1.29 is 19.1 Å². The molecule has 0 bridgehead atoms. The predicted molar refractivity (Wildman–Crippen MR) is 95.6 cm³/mol. The highest BCUT2D eigenvalue weighted by molar-refractivity contribution is 6.43. The lowest BCUT2D eigenvalue weighted by atomic mass is 10.1. The number of hydrogen-bond acceptors (Lipinski definition) is 4. The van der Waals surface area contributed by atoms with Gasteiger partial charge < -0.3 is 9.47 Å². The van der Waals surface area contributed by atoms with Crippen molar-refractivity contribution in [3.63, 3.8) is 0 Å². The fourth-order valence-corrected chi connectivity index (χ4v) is 2.33. The zero-order valence-corrected chi connectivity index (χ0v) is 15.4. The second kappa shape index (κ2) is 11.1. The van der Waals surface area contributed by atoms with Crippen molar-refractivity contribution in [1.82, 2.24) is 0 Å². The summed E-state index contributed by atoms with van der Waals surface area (Å²) in [6.45, 7) is 3.98. The summed E-state index contributed by atoms with van der Waals surface area (Å²) < 4.78 is 10.2. The summed E-state index contributed by atoms with van der Waals surface area (Å²) in [5.74, 6) is -1.17. The number of esters is 2. The average molecular weight is 373 g/mol. The maximum atomic E-state index is 11.7. The molecule has 4 nitrogen and oxygen atoms in total. The maximum absolute atomic E-state index is 11.7. The molecule has 0 aromatic heterocycles. The molecule has 0 amide bonds. The van der Waals surface area contributed by atoms with Crippen LogP contribution in [0, 0.1) is 0 Å². The van der Waals surface area contributed by atoms with Crippen LogP contribution in [0.3, 0.4) is 0 Å². The summed E-state index contributed by atoms with van der Waals surface area (Å²) in [6, 6.07) is 4.70. The molecule has 0 aliphatic carbocycles. The Hall–Kier alpha value is -1.52. The van der Waals surface area contributed by atoms with Gasteiger partial charge in [-0.1, -0.05) is 55.5 Å². The normalized spacial score (nSPS) is 12.2. The number of rotatable bonds is 9. The van der Waals surface area contributed by atoms with Crippen LogP contribution in [0.1, 0.15) is 46.0 Å². The molecule has 0 N–H and O–H groups in total. The van der Waals surface area contributed by atoms with E-state index < -0.39 is 11.9 Å². The van der Waals surface area contributed by atoms with Crippen LogP contribution in [-0.2, 0) is 14.3 Å². The molecule has 1 atom stereocenters. The highest BCUT2D eigenvalue weighted by atomic mass is 35.5. The van der Waals surface area contributed by atoms with E-state index >= 15 is 0 Å². The minimum Gasteiger partial charge on any atom is -0.460 e. The van der Waals surface area contributed by atoms with Gasteiger partial charge in [0.1, 0.15) is 5.02 Å². The molecule has 1 rings (SSSR count). The smallest absolute Gasteiger partial charge is 0.336 e. The molecule has 0 aliphatic heterocycles. The van der Waals surface area contributed by atoms with Crippen molar-refractivity contribution in [2.45, 2.75) is 52.1 Å². The summed E-state index contributed by atoms with van der Waals surface area (Å²) in [5.41, 5.74) is 0. The molecule has 0 saturated heterocycles. The number of carbonyl (C=O) groups is 2. The first kappa shape index (κ1) is 20.5. The second-order valence-corrected chi connectivity index (χ2v) is 6.19. The molecule has 6 heteroatoms. The summed E-state index contributed by atoms with van der Waals surface area (Å²) in [4.78, 5) is 23.3. The Morgan fingerprint density at radius 3 is 2.54 bits per heavy atom. The van der Waals surface area contributed by atoms with Crippen molar-refractivity contribution in [3.8, 4) is 5.75 Å². The first-order valence-corrected chi connectivity index (χ1v) is 8.74. The van der Waals surface area contributed by atoms with E-state index in [0.29, 0.717) is 0 Å². The highest BCUT2D eigenvalue weighted by Gasteiger charge is 2.10. The Labute approximate surface area is 152 Å². The monoisotopic (exact) mass is 372 g/mol. The van der Waals surface area contributed by atoms with Gasteiger partial charge in [-0.2, -0.15) is 0 Å². The molecule has 0 spiro atoms. The van der Waals surface area contributed by atoms with Crippen LogP contribution in [0.5, 0.6) is 5.75 Å². The van der Waals surface area contributed by atoms with Gasteiger partial charge in [0.15, 0.2) is 5.75 Å². The van der Waals surface area contributed by atoms with Crippen LogP contribution in [0.15, 0.2) is 30.4 Å². The molecule has 1 unspecified atom stereocenters. The van der Waals surface area contributed by atoms with Crippen molar-refractivity contribution in [1.29, 1.82) is 0 Å². The van der Waals surface area contributed by atoms with Gasteiger partial charge in [-0.15, -0.1) is 0 Å². The predicted octanol–water partition coefficient (Wildman–Crippen LogP) is 5.36. The van der Waals surface area contributed by atoms with E-state index in [2.05, 4.69) is 6.92 Å². The van der Waals surface area contributed by atoms with E-state index in [0.717, 1.165) is 37.8 Å². The lowest BCUT2D eigenvalue weighted by Crippen LogP contribution is -2.13. The van der Waals surface area contributed by atoms with E-state index in [1.54, 1.807) is 12.1 Å². The van der Waals surface area contributed by atoms with Crippen molar-refractivity contribution in [2.75, 3.05) is 0 Å². The molecule has 0 heterocycles. The van der Waals surface area contributed by atoms with Crippen LogP contribution in [0.25, 0.3) is 0 Å². The topological polar surface area (TPSA) is 52.6 Å². The molecule has 1 aromatic rings. The Morgan fingerprint density at radius 2 is 1.83 bits per heavy atom. The van der Waals surface area contributed by atoms with Gasteiger partial charge in [0, 0.05) is 12.2 Å². The molecule has 0 aliphatic rings. The van der Waals surface area contributed by atoms with Gasteiger partial charge in [0.05, 0.1) is 11.1 Å². The summed E-state index contributed by atoms with van der Waals surface area (Å²) in [5, 5.41) is 0.423. The Kier molecular flexibility index (Phi) is 9.50. The zero-order chi connectivity index (χ0) is 17.9. The van der Waals surface area contributed by atoms with Gasteiger partial charge in [0.2, 0.25) is 0 Å². The van der Waals surface area contributed by atoms with Gasteiger partial charge in [-0.05, 0) is 31.9 Å². The lowest BCUT2D eigenvalue weighted by Gasteiger charge is -2.11. The second-order valence-electron chi connectivity index (χ2n) is 5.40. The average Bonchev–Trinajstić information content (AvgIpc) is 2.54. The van der Waals surface area contributed by atoms with Crippen molar-refractivity contribution in [2.24, 2.45) is 0 Å². The molecule has 24 heavy (non-hydrogen) atoms. The van der Waals surface area contributed by atoms with E-state index in [-0.39, 0.29) is 21.9 Å². The van der Waals surface area contributed by atoms with Gasteiger partial charge in [-0.25, -0.2) is 9.59 Å². The van der Waals surface area contributed by atoms with Crippen LogP contribution in [0.2, 0.25) is 10.0 Å². The number of hydrogen-bond donors (Lipinski definition) is 0. The quantitative estimate of drug-likeness (QED) is 0.253. The highest BCUT2D eigenvalue weighted by Crippen LogP contribution is 2.31. The third-order valence-electron chi connectivity index (χ3n) is 3.26. The lowest BCUT2D eigenvalue weighted by molar-refractivity contribution is -0.143. The largest absolute Gasteiger partial charge is 0.460 e. The van der Waals surface area contributed by atoms with E-state index in [1.165, 1.54) is 12.5 Å². The molecular formula is C18H22Cl2O4. The fraction of sp³-hybridized carbons (Fsp3) is 0.444. The number of carbonyl (C=O) groups excluding carboxylic acids is 2. The summed E-state index contributed by atoms with van der Waals surface area (Å²) in [6.07, 6.45) is 7.16. The number of unbranched alkanes of at least 4 members (excludes halogenated alkanes) is 3. The van der Waals surface area contributed by atoms with Gasteiger partial charge in [0.25, 0.3) is 0 Å². The fourth-order valence-electron chi connectivity index (χ4n) is 2.00. The van der Waals surface area contributed by atoms with Gasteiger partial charge in [-0.3, -0.25) is 0 Å². The summed E-state index contributed by atoms with van der Waals surface area (Å²) >= 11 is 11.7. The Bertz CT molecular complexity index is 584. The van der Waals surface area contributed by atoms with Crippen molar-refractivity contribution >= 4 is 35.1 Å². The first-order chi connectivity index (χ1) is 11.4. The van der Waals surface area contributed by atoms with Gasteiger partial charge >= 0.3 is 11.9 Å². The number of halogens is 2. The number of ether oxygens (including phenoxy) is 2. The SMILES string of the molecule is CCCCCCC(C)OC(=O)/C=C/C(=O)Oc1cccc(Cl)c1Cl. The van der Waals surface area contributed by atoms with Crippen LogP contribution >= 0.6 is 23.2 Å². The number of benzene rings is 1. The standard InChI is InChI=1S/C18H22Cl2O4/c1-3-4-5-6-8-13(2)23-16(21)11-12-17(22)24-15-10-7-9-14(19)18(15)20/h7,9-13H,3-6,8H2,1-2H3/b12-11+. The maximum Gasteiger partial charge on any atom is 0.336 e. The van der Waals surface area contributed by atoms with E-state index in [4.69, 9.17) is 32.7 Å². The molecule has 1 aromatic carbocycles. The zero-order valence-electron chi connectivity index (χ0n) is 13.9. The molecule has 0 fully saturated rings. The third-order valence-corrected chi connectivity index (χ3v) is 4.07. The van der Waals surface area contributed by atoms with E-state index in [9.17, 15) is 9.59 Å². The van der Waals surface area contributed by atoms with Crippen LogP contribution in [-0.4, -0.2) is 18.0 Å². The van der Waals surface area contributed by atoms with Crippen LogP contribution in [0.4, 0.5) is 0 Å². The molecule has 0 radical (unpaired) electrons. The molecule has 0 saturated carbocycles. The first-order valence-electron chi connectivity index (χ1n) is 7.98. The Balaban J connectivity index is 2.40. The minimum atomic E-state index is -0.730. The van der Waals surface area contributed by atoms with Crippen LogP contribution < -0.4 is 4.74 Å². The molecule has 132 valence electrons. The molecular weight excluding hydrogens is 351 g/mol. The van der Waals surface area contributed by atoms with Crippen molar-refractivity contribution in [3.05, 3.63) is 40.4 Å². The Morgan fingerprint density at radius 1 is 1.12 bits per heavy atom. The minimum absolute atomic E-state index is 0.136. The summed E-state index contributed by atoms with van der Waals surface area (Å²) in [7, 11) is 0. The third kappa shape index (κ3) is 7.84. The van der Waals surface area contributed by atoms with E-state index in [1.807, 2.05) is 6.92 Å².